The average molecular weight is 278 g/mol. The number of hydrogen-bond donors (Lipinski definition) is 3. The lowest BCUT2D eigenvalue weighted by molar-refractivity contribution is -0.139. The van der Waals surface area contributed by atoms with E-state index in [9.17, 15) is 4.79 Å². The predicted molar refractivity (Wildman–Crippen MR) is 81.6 cm³/mol. The van der Waals surface area contributed by atoms with Crippen LogP contribution in [-0.4, -0.2) is 30.2 Å². The van der Waals surface area contributed by atoms with Crippen LogP contribution in [0.25, 0.3) is 10.9 Å². The molecule has 5 nitrogen and oxygen atoms in total. The molecule has 0 spiro atoms. The Morgan fingerprint density at radius 3 is 2.50 bits per heavy atom. The first-order valence-corrected chi connectivity index (χ1v) is 6.08. The molecule has 0 bridgehead atoms. The van der Waals surface area contributed by atoms with Gasteiger partial charge in [0.15, 0.2) is 0 Å². The van der Waals surface area contributed by atoms with Crippen LogP contribution in [0.3, 0.4) is 0 Å². The van der Waals surface area contributed by atoms with Crippen molar-refractivity contribution >= 4 is 16.9 Å². The highest BCUT2D eigenvalue weighted by molar-refractivity contribution is 5.87. The van der Waals surface area contributed by atoms with Gasteiger partial charge in [0.25, 0.3) is 0 Å². The quantitative estimate of drug-likeness (QED) is 0.582. The summed E-state index contributed by atoms with van der Waals surface area (Å²) in [4.78, 5) is 14.2. The van der Waals surface area contributed by atoms with Gasteiger partial charge < -0.3 is 20.6 Å². The zero-order chi connectivity index (χ0) is 15.5. The van der Waals surface area contributed by atoms with Crippen LogP contribution in [0, 0.1) is 0 Å². The van der Waals surface area contributed by atoms with Crippen molar-refractivity contribution in [3.8, 4) is 0 Å². The molecule has 20 heavy (non-hydrogen) atoms. The highest BCUT2D eigenvalue weighted by Crippen LogP contribution is 2.18. The standard InChI is InChI=1S/C11H11NO2.C3H6O.CH5N/c1-14-11(13)6-8-7-12-10-5-3-2-4-9(8)10;1-3(2)4;1-2/h2-5,7,12H,6H2,1H3;4H,1H2,2H3;2H2,1H3. The summed E-state index contributed by atoms with van der Waals surface area (Å²) in [5, 5.41) is 8.94. The molecular weight excluding hydrogens is 256 g/mol. The summed E-state index contributed by atoms with van der Waals surface area (Å²) >= 11 is 0. The van der Waals surface area contributed by atoms with Gasteiger partial charge in [-0.15, -0.1) is 0 Å². The van der Waals surface area contributed by atoms with E-state index in [2.05, 4.69) is 22.0 Å². The second-order valence-corrected chi connectivity index (χ2v) is 3.85. The molecule has 0 unspecified atom stereocenters. The van der Waals surface area contributed by atoms with Crippen LogP contribution in [0.4, 0.5) is 0 Å². The molecule has 1 aromatic carbocycles. The molecule has 1 aromatic heterocycles. The minimum Gasteiger partial charge on any atom is -0.513 e. The zero-order valence-corrected chi connectivity index (χ0v) is 12.1. The van der Waals surface area contributed by atoms with E-state index in [0.29, 0.717) is 6.42 Å². The average Bonchev–Trinajstić information content (AvgIpc) is 2.84. The number of hydrogen-bond acceptors (Lipinski definition) is 4. The number of nitrogens with one attached hydrogen (secondary N) is 1. The smallest absolute Gasteiger partial charge is 0.310 e. The van der Waals surface area contributed by atoms with Gasteiger partial charge in [0.1, 0.15) is 0 Å². The van der Waals surface area contributed by atoms with Crippen molar-refractivity contribution in [3.63, 3.8) is 0 Å². The molecule has 2 aromatic rings. The number of methoxy groups -OCH3 is 1. The molecule has 0 saturated heterocycles. The number of aromatic amines is 1. The van der Waals surface area contributed by atoms with Crippen molar-refractivity contribution in [2.24, 2.45) is 5.73 Å². The van der Waals surface area contributed by atoms with Gasteiger partial charge in [-0.2, -0.15) is 0 Å². The number of allylic oxidation sites excluding steroid dienone is 1. The number of fused-ring (bicyclic) bond motifs is 1. The van der Waals surface area contributed by atoms with E-state index in [1.54, 1.807) is 0 Å². The second kappa shape index (κ2) is 9.63. The number of aliphatic hydroxyl groups excluding tert-OH is 1. The third kappa shape index (κ3) is 6.06. The van der Waals surface area contributed by atoms with Crippen LogP contribution in [0.15, 0.2) is 42.8 Å². The van der Waals surface area contributed by atoms with Crippen molar-refractivity contribution in [2.45, 2.75) is 13.3 Å². The SMILES string of the molecule is C=C(C)O.CN.COC(=O)Cc1c[nH]c2ccccc12. The number of aromatic nitrogens is 1. The summed E-state index contributed by atoms with van der Waals surface area (Å²) in [6, 6.07) is 7.89. The summed E-state index contributed by atoms with van der Waals surface area (Å²) in [6.07, 6.45) is 2.17. The zero-order valence-electron chi connectivity index (χ0n) is 12.1. The molecule has 1 heterocycles. The van der Waals surface area contributed by atoms with Gasteiger partial charge in [0, 0.05) is 17.1 Å². The van der Waals surface area contributed by atoms with Crippen molar-refractivity contribution in [1.82, 2.24) is 4.98 Å². The fourth-order valence-corrected chi connectivity index (χ4v) is 1.51. The van der Waals surface area contributed by atoms with Crippen LogP contribution in [-0.2, 0) is 16.0 Å². The van der Waals surface area contributed by atoms with Gasteiger partial charge in [0.05, 0.1) is 19.3 Å². The minimum atomic E-state index is -0.213. The molecule has 0 fully saturated rings. The summed E-state index contributed by atoms with van der Waals surface area (Å²) in [5.74, 6) is -0.0465. The van der Waals surface area contributed by atoms with Gasteiger partial charge >= 0.3 is 5.97 Å². The van der Waals surface area contributed by atoms with E-state index >= 15 is 0 Å². The van der Waals surface area contributed by atoms with Gasteiger partial charge in [-0.3, -0.25) is 4.79 Å². The fourth-order valence-electron chi connectivity index (χ4n) is 1.51. The molecule has 0 aliphatic heterocycles. The molecule has 0 aliphatic carbocycles. The van der Waals surface area contributed by atoms with Crippen molar-refractivity contribution in [3.05, 3.63) is 48.4 Å². The molecule has 0 radical (unpaired) electrons. The van der Waals surface area contributed by atoms with Gasteiger partial charge in [-0.25, -0.2) is 0 Å². The van der Waals surface area contributed by atoms with E-state index in [0.717, 1.165) is 16.5 Å². The van der Waals surface area contributed by atoms with Crippen molar-refractivity contribution in [2.75, 3.05) is 14.2 Å². The Balaban J connectivity index is 0.000000521. The largest absolute Gasteiger partial charge is 0.513 e. The van der Waals surface area contributed by atoms with E-state index in [-0.39, 0.29) is 11.7 Å². The molecule has 0 amide bonds. The highest BCUT2D eigenvalue weighted by atomic mass is 16.5. The van der Waals surface area contributed by atoms with Crippen LogP contribution < -0.4 is 5.73 Å². The Morgan fingerprint density at radius 1 is 1.40 bits per heavy atom. The van der Waals surface area contributed by atoms with Crippen LogP contribution in [0.5, 0.6) is 0 Å². The summed E-state index contributed by atoms with van der Waals surface area (Å²) < 4.78 is 4.62. The number of ether oxygens (including phenoxy) is 1. The molecular formula is C15H22N2O3. The van der Waals surface area contributed by atoms with E-state index in [1.807, 2.05) is 30.5 Å². The number of H-pyrrole nitrogens is 1. The third-order valence-electron chi connectivity index (χ3n) is 2.24. The maximum atomic E-state index is 11.1. The Labute approximate surface area is 119 Å². The van der Waals surface area contributed by atoms with Crippen LogP contribution >= 0.6 is 0 Å². The molecule has 110 valence electrons. The monoisotopic (exact) mass is 278 g/mol. The Hall–Kier alpha value is -2.27. The maximum absolute atomic E-state index is 11.1. The Bertz CT molecular complexity index is 543. The highest BCUT2D eigenvalue weighted by Gasteiger charge is 2.07. The Morgan fingerprint density at radius 2 is 1.95 bits per heavy atom. The molecule has 4 N–H and O–H groups in total. The first-order chi connectivity index (χ1) is 9.54. The lowest BCUT2D eigenvalue weighted by atomic mass is 10.1. The number of nitrogens with two attached hydrogens (primary N) is 1. The number of carbonyl (C=O) groups is 1. The first kappa shape index (κ1) is 17.7. The van der Waals surface area contributed by atoms with Crippen LogP contribution in [0.2, 0.25) is 0 Å². The predicted octanol–water partition coefficient (Wildman–Crippen LogP) is 2.54. The van der Waals surface area contributed by atoms with E-state index < -0.39 is 0 Å². The van der Waals surface area contributed by atoms with Crippen molar-refractivity contribution < 1.29 is 14.6 Å². The van der Waals surface area contributed by atoms with Crippen molar-refractivity contribution in [1.29, 1.82) is 0 Å². The summed E-state index contributed by atoms with van der Waals surface area (Å²) in [5.41, 5.74) is 6.53. The molecule has 2 rings (SSSR count). The molecule has 0 atom stereocenters. The number of rotatable bonds is 2. The molecule has 5 heteroatoms. The number of esters is 1. The number of benzene rings is 1. The minimum absolute atomic E-state index is 0.167. The van der Waals surface area contributed by atoms with Gasteiger partial charge in [0.2, 0.25) is 0 Å². The molecule has 0 saturated carbocycles. The lowest BCUT2D eigenvalue weighted by Crippen LogP contribution is -2.03. The number of aliphatic hydroxyl groups is 1. The normalized spacial score (nSPS) is 8.80. The molecule has 0 aliphatic rings. The van der Waals surface area contributed by atoms with E-state index in [4.69, 9.17) is 5.11 Å². The van der Waals surface area contributed by atoms with E-state index in [1.165, 1.54) is 21.1 Å². The third-order valence-corrected chi connectivity index (χ3v) is 2.24. The lowest BCUT2D eigenvalue weighted by Gasteiger charge is -1.97. The Kier molecular flexibility index (Phi) is 8.54. The number of para-hydroxylation sites is 1. The van der Waals surface area contributed by atoms with Gasteiger partial charge in [-0.1, -0.05) is 24.8 Å². The fraction of sp³-hybridized carbons (Fsp3) is 0.267. The van der Waals surface area contributed by atoms with Gasteiger partial charge in [-0.05, 0) is 25.6 Å². The summed E-state index contributed by atoms with van der Waals surface area (Å²) in [6.45, 7) is 4.64. The van der Waals surface area contributed by atoms with Crippen LogP contribution in [0.1, 0.15) is 12.5 Å². The summed E-state index contributed by atoms with van der Waals surface area (Å²) in [7, 11) is 2.90. The number of carbonyl (C=O) groups excluding carboxylic acids is 1. The second-order valence-electron chi connectivity index (χ2n) is 3.85. The topological polar surface area (TPSA) is 88.3 Å². The maximum Gasteiger partial charge on any atom is 0.310 e. The first-order valence-electron chi connectivity index (χ1n) is 6.08.